The molecule has 0 aliphatic heterocycles. The van der Waals surface area contributed by atoms with Gasteiger partial charge in [-0.15, -0.1) is 0 Å². The Morgan fingerprint density at radius 2 is 1.85 bits per heavy atom. The second-order valence-corrected chi connectivity index (χ2v) is 5.77. The van der Waals surface area contributed by atoms with E-state index in [9.17, 15) is 4.79 Å². The number of benzene rings is 2. The van der Waals surface area contributed by atoms with Gasteiger partial charge in [-0.3, -0.25) is 4.79 Å². The van der Waals surface area contributed by atoms with Crippen molar-refractivity contribution in [3.63, 3.8) is 0 Å². The van der Waals surface area contributed by atoms with Gasteiger partial charge >= 0.3 is 0 Å². The molecule has 0 aromatic heterocycles. The lowest BCUT2D eigenvalue weighted by Crippen LogP contribution is -2.21. The second-order valence-electron chi connectivity index (χ2n) is 4.61. The van der Waals surface area contributed by atoms with Crippen LogP contribution < -0.4 is 11.1 Å². The van der Waals surface area contributed by atoms with Crippen LogP contribution in [0.4, 0.5) is 17.1 Å². The summed E-state index contributed by atoms with van der Waals surface area (Å²) in [6, 6.07) is 13.2. The maximum Gasteiger partial charge on any atom is 0.253 e. The smallest absolute Gasteiger partial charge is 0.253 e. The first-order valence-corrected chi connectivity index (χ1v) is 7.19. The SMILES string of the molecule is CN(C)C(=O)c1ccc(Nc2ccccc2I)c(N)c1. The van der Waals surface area contributed by atoms with E-state index in [2.05, 4.69) is 27.9 Å². The molecule has 1 amide bonds. The number of hydrogen-bond donors (Lipinski definition) is 2. The number of nitrogens with zero attached hydrogens (tertiary/aromatic N) is 1. The van der Waals surface area contributed by atoms with Crippen molar-refractivity contribution in [1.29, 1.82) is 0 Å². The predicted molar refractivity (Wildman–Crippen MR) is 91.3 cm³/mol. The predicted octanol–water partition coefficient (Wildman–Crippen LogP) is 3.32. The third-order valence-electron chi connectivity index (χ3n) is 2.85. The summed E-state index contributed by atoms with van der Waals surface area (Å²) in [5.74, 6) is -0.0578. The maximum absolute atomic E-state index is 11.9. The van der Waals surface area contributed by atoms with Crippen LogP contribution >= 0.6 is 22.6 Å². The molecule has 0 aliphatic carbocycles. The van der Waals surface area contributed by atoms with Crippen molar-refractivity contribution < 1.29 is 4.79 Å². The van der Waals surface area contributed by atoms with Crippen LogP contribution in [0.5, 0.6) is 0 Å². The number of halogens is 1. The Kier molecular flexibility index (Phi) is 4.49. The molecule has 104 valence electrons. The minimum atomic E-state index is -0.0578. The lowest BCUT2D eigenvalue weighted by molar-refractivity contribution is 0.0827. The molecule has 2 aromatic rings. The fourth-order valence-electron chi connectivity index (χ4n) is 1.78. The van der Waals surface area contributed by atoms with Crippen molar-refractivity contribution in [2.24, 2.45) is 0 Å². The Bertz CT molecular complexity index is 641. The minimum Gasteiger partial charge on any atom is -0.397 e. The van der Waals surface area contributed by atoms with Gasteiger partial charge in [0.2, 0.25) is 0 Å². The number of carbonyl (C=O) groups is 1. The van der Waals surface area contributed by atoms with E-state index >= 15 is 0 Å². The summed E-state index contributed by atoms with van der Waals surface area (Å²) in [7, 11) is 3.44. The number of hydrogen-bond acceptors (Lipinski definition) is 3. The molecular formula is C15H16IN3O. The Labute approximate surface area is 132 Å². The molecule has 0 aliphatic rings. The third-order valence-corrected chi connectivity index (χ3v) is 3.79. The molecule has 0 bridgehead atoms. The zero-order valence-corrected chi connectivity index (χ0v) is 13.5. The van der Waals surface area contributed by atoms with Crippen molar-refractivity contribution in [2.75, 3.05) is 25.1 Å². The quantitative estimate of drug-likeness (QED) is 0.634. The van der Waals surface area contributed by atoms with E-state index in [4.69, 9.17) is 5.73 Å². The highest BCUT2D eigenvalue weighted by Gasteiger charge is 2.10. The van der Waals surface area contributed by atoms with Gasteiger partial charge < -0.3 is 16.0 Å². The highest BCUT2D eigenvalue weighted by molar-refractivity contribution is 14.1. The molecule has 4 nitrogen and oxygen atoms in total. The Morgan fingerprint density at radius 3 is 2.45 bits per heavy atom. The first-order valence-electron chi connectivity index (χ1n) is 6.12. The van der Waals surface area contributed by atoms with Crippen LogP contribution in [0.25, 0.3) is 0 Å². The number of amides is 1. The molecule has 20 heavy (non-hydrogen) atoms. The number of para-hydroxylation sites is 1. The molecule has 0 atom stereocenters. The molecule has 0 saturated carbocycles. The topological polar surface area (TPSA) is 58.4 Å². The van der Waals surface area contributed by atoms with Crippen molar-refractivity contribution in [3.8, 4) is 0 Å². The van der Waals surface area contributed by atoms with Crippen molar-refractivity contribution in [3.05, 3.63) is 51.6 Å². The summed E-state index contributed by atoms with van der Waals surface area (Å²) >= 11 is 2.26. The van der Waals surface area contributed by atoms with Gasteiger partial charge in [0.25, 0.3) is 5.91 Å². The van der Waals surface area contributed by atoms with Crippen LogP contribution in [0, 0.1) is 3.57 Å². The molecular weight excluding hydrogens is 365 g/mol. The summed E-state index contributed by atoms with van der Waals surface area (Å²) in [5.41, 5.74) is 8.95. The first-order chi connectivity index (χ1) is 9.49. The Morgan fingerprint density at radius 1 is 1.15 bits per heavy atom. The van der Waals surface area contributed by atoms with E-state index in [0.29, 0.717) is 11.3 Å². The zero-order chi connectivity index (χ0) is 14.7. The van der Waals surface area contributed by atoms with Gasteiger partial charge in [-0.2, -0.15) is 0 Å². The van der Waals surface area contributed by atoms with E-state index in [1.165, 1.54) is 4.90 Å². The molecule has 0 radical (unpaired) electrons. The summed E-state index contributed by atoms with van der Waals surface area (Å²) in [6.07, 6.45) is 0. The van der Waals surface area contributed by atoms with E-state index in [1.54, 1.807) is 26.2 Å². The summed E-state index contributed by atoms with van der Waals surface area (Å²) in [4.78, 5) is 13.4. The molecule has 0 fully saturated rings. The molecule has 3 N–H and O–H groups in total. The van der Waals surface area contributed by atoms with Crippen LogP contribution in [0.1, 0.15) is 10.4 Å². The van der Waals surface area contributed by atoms with Gasteiger partial charge in [0, 0.05) is 23.2 Å². The molecule has 0 saturated heterocycles. The van der Waals surface area contributed by atoms with E-state index < -0.39 is 0 Å². The average molecular weight is 381 g/mol. The number of nitrogens with one attached hydrogen (secondary N) is 1. The number of nitrogen functional groups attached to an aromatic ring is 1. The molecule has 0 spiro atoms. The minimum absolute atomic E-state index is 0.0578. The average Bonchev–Trinajstić information content (AvgIpc) is 2.42. The number of rotatable bonds is 3. The molecule has 0 unspecified atom stereocenters. The Balaban J connectivity index is 2.27. The fourth-order valence-corrected chi connectivity index (χ4v) is 2.30. The van der Waals surface area contributed by atoms with Crippen molar-refractivity contribution in [2.45, 2.75) is 0 Å². The van der Waals surface area contributed by atoms with Crippen LogP contribution in [0.3, 0.4) is 0 Å². The van der Waals surface area contributed by atoms with Crippen LogP contribution in [0.15, 0.2) is 42.5 Å². The lowest BCUT2D eigenvalue weighted by atomic mass is 10.1. The molecule has 5 heteroatoms. The molecule has 2 aromatic carbocycles. The summed E-state index contributed by atoms with van der Waals surface area (Å²) in [5, 5.41) is 3.28. The van der Waals surface area contributed by atoms with Gasteiger partial charge in [-0.25, -0.2) is 0 Å². The first kappa shape index (κ1) is 14.6. The summed E-state index contributed by atoms with van der Waals surface area (Å²) < 4.78 is 1.11. The Hall–Kier alpha value is -1.76. The monoisotopic (exact) mass is 381 g/mol. The van der Waals surface area contributed by atoms with Gasteiger partial charge in [0.1, 0.15) is 0 Å². The highest BCUT2D eigenvalue weighted by Crippen LogP contribution is 2.27. The van der Waals surface area contributed by atoms with Gasteiger partial charge in [-0.05, 0) is 52.9 Å². The standard InChI is InChI=1S/C15H16IN3O/c1-19(2)15(20)10-7-8-14(12(17)9-10)18-13-6-4-3-5-11(13)16/h3-9,18H,17H2,1-2H3. The van der Waals surface area contributed by atoms with Gasteiger partial charge in [0.05, 0.1) is 17.1 Å². The van der Waals surface area contributed by atoms with E-state index in [1.807, 2.05) is 30.3 Å². The molecule has 2 rings (SSSR count). The van der Waals surface area contributed by atoms with E-state index in [0.717, 1.165) is 14.9 Å². The van der Waals surface area contributed by atoms with Crippen molar-refractivity contribution >= 4 is 45.6 Å². The van der Waals surface area contributed by atoms with Crippen LogP contribution in [-0.4, -0.2) is 24.9 Å². The second kappa shape index (κ2) is 6.13. The number of carbonyl (C=O) groups excluding carboxylic acids is 1. The summed E-state index contributed by atoms with van der Waals surface area (Å²) in [6.45, 7) is 0. The fraction of sp³-hybridized carbons (Fsp3) is 0.133. The highest BCUT2D eigenvalue weighted by atomic mass is 127. The lowest BCUT2D eigenvalue weighted by Gasteiger charge is -2.14. The largest absolute Gasteiger partial charge is 0.397 e. The van der Waals surface area contributed by atoms with Gasteiger partial charge in [-0.1, -0.05) is 12.1 Å². The normalized spacial score (nSPS) is 10.2. The van der Waals surface area contributed by atoms with Gasteiger partial charge in [0.15, 0.2) is 0 Å². The zero-order valence-electron chi connectivity index (χ0n) is 11.4. The number of anilines is 3. The van der Waals surface area contributed by atoms with E-state index in [-0.39, 0.29) is 5.91 Å². The molecule has 0 heterocycles. The number of nitrogens with two attached hydrogens (primary N) is 1. The van der Waals surface area contributed by atoms with Crippen LogP contribution in [0.2, 0.25) is 0 Å². The van der Waals surface area contributed by atoms with Crippen molar-refractivity contribution in [1.82, 2.24) is 4.90 Å². The third kappa shape index (κ3) is 3.22. The van der Waals surface area contributed by atoms with Crippen LogP contribution in [-0.2, 0) is 0 Å². The maximum atomic E-state index is 11.9.